The van der Waals surface area contributed by atoms with E-state index in [4.69, 9.17) is 17.1 Å². The van der Waals surface area contributed by atoms with Crippen molar-refractivity contribution in [3.8, 4) is 5.75 Å². The zero-order chi connectivity index (χ0) is 12.0. The van der Waals surface area contributed by atoms with Gasteiger partial charge in [0.2, 0.25) is 0 Å². The number of halogens is 2. The third-order valence-corrected chi connectivity index (χ3v) is 2.10. The second kappa shape index (κ2) is 6.00. The molecule has 0 aliphatic carbocycles. The summed E-state index contributed by atoms with van der Waals surface area (Å²) in [5.41, 5.74) is 8.32. The van der Waals surface area contributed by atoms with Crippen molar-refractivity contribution in [3.05, 3.63) is 45.1 Å². The molecule has 0 unspecified atom stereocenters. The molecule has 0 aliphatic rings. The smallest absolute Gasteiger partial charge is 0.141 e. The Hall–Kier alpha value is -1.71. The summed E-state index contributed by atoms with van der Waals surface area (Å²) < 4.78 is 12.9. The lowest BCUT2D eigenvalue weighted by Crippen LogP contribution is -1.81. The molecule has 0 spiro atoms. The molecule has 0 aliphatic heterocycles. The third kappa shape index (κ3) is 3.46. The fourth-order valence-electron chi connectivity index (χ4n) is 1.10. The quantitative estimate of drug-likeness (QED) is 0.369. The van der Waals surface area contributed by atoms with Crippen LogP contribution in [0.4, 0.5) is 4.39 Å². The summed E-state index contributed by atoms with van der Waals surface area (Å²) in [4.78, 5) is 2.59. The van der Waals surface area contributed by atoms with Crippen LogP contribution in [0.15, 0.2) is 23.3 Å². The van der Waals surface area contributed by atoms with E-state index in [-0.39, 0.29) is 10.8 Å². The van der Waals surface area contributed by atoms with Crippen LogP contribution in [-0.2, 0) is 0 Å². The molecular formula is C10H9ClFN3O. The van der Waals surface area contributed by atoms with Gasteiger partial charge in [-0.15, -0.1) is 0 Å². The highest BCUT2D eigenvalue weighted by Gasteiger charge is 2.05. The zero-order valence-corrected chi connectivity index (χ0v) is 9.02. The van der Waals surface area contributed by atoms with Crippen LogP contribution in [0.2, 0.25) is 5.02 Å². The minimum atomic E-state index is -0.516. The van der Waals surface area contributed by atoms with E-state index in [1.54, 1.807) is 6.08 Å². The average Bonchev–Trinajstić information content (AvgIpc) is 2.24. The van der Waals surface area contributed by atoms with Crippen molar-refractivity contribution in [2.45, 2.75) is 6.42 Å². The van der Waals surface area contributed by atoms with Crippen LogP contribution in [0.25, 0.3) is 16.5 Å². The number of azide groups is 1. The molecule has 0 amide bonds. The van der Waals surface area contributed by atoms with Crippen molar-refractivity contribution < 1.29 is 9.50 Å². The van der Waals surface area contributed by atoms with E-state index >= 15 is 0 Å². The van der Waals surface area contributed by atoms with Crippen LogP contribution < -0.4 is 0 Å². The van der Waals surface area contributed by atoms with Gasteiger partial charge in [0, 0.05) is 17.0 Å². The van der Waals surface area contributed by atoms with Crippen LogP contribution in [0.5, 0.6) is 5.75 Å². The lowest BCUT2D eigenvalue weighted by molar-refractivity contribution is 0.472. The largest absolute Gasteiger partial charge is 0.506 e. The molecular weight excluding hydrogens is 233 g/mol. The Balaban J connectivity index is 2.76. The van der Waals surface area contributed by atoms with E-state index in [9.17, 15) is 9.50 Å². The molecule has 1 rings (SSSR count). The summed E-state index contributed by atoms with van der Waals surface area (Å²) in [5, 5.41) is 12.8. The average molecular weight is 242 g/mol. The van der Waals surface area contributed by atoms with Crippen molar-refractivity contribution in [3.63, 3.8) is 0 Å². The Morgan fingerprint density at radius 2 is 2.31 bits per heavy atom. The summed E-state index contributed by atoms with van der Waals surface area (Å²) in [6.07, 6.45) is 3.70. The van der Waals surface area contributed by atoms with Gasteiger partial charge in [-0.25, -0.2) is 4.39 Å². The van der Waals surface area contributed by atoms with E-state index in [1.807, 2.05) is 0 Å². The van der Waals surface area contributed by atoms with E-state index in [0.29, 0.717) is 18.5 Å². The van der Waals surface area contributed by atoms with Gasteiger partial charge in [-0.1, -0.05) is 28.9 Å². The molecule has 4 nitrogen and oxygen atoms in total. The first-order valence-electron chi connectivity index (χ1n) is 4.50. The van der Waals surface area contributed by atoms with Gasteiger partial charge >= 0.3 is 0 Å². The molecule has 0 aromatic heterocycles. The molecule has 16 heavy (non-hydrogen) atoms. The number of aromatic hydroxyl groups is 1. The fraction of sp³-hybridized carbons (Fsp3) is 0.200. The minimum Gasteiger partial charge on any atom is -0.506 e. The summed E-state index contributed by atoms with van der Waals surface area (Å²) in [6, 6.07) is 2.21. The van der Waals surface area contributed by atoms with Gasteiger partial charge in [0.25, 0.3) is 0 Å². The molecule has 0 saturated carbocycles. The van der Waals surface area contributed by atoms with Gasteiger partial charge in [-0.2, -0.15) is 0 Å². The second-order valence-electron chi connectivity index (χ2n) is 2.97. The summed E-state index contributed by atoms with van der Waals surface area (Å²) >= 11 is 5.59. The molecule has 0 heterocycles. The SMILES string of the molecule is [N-]=[N+]=NCCC=Cc1cc(F)cc(Cl)c1O. The molecule has 1 aromatic carbocycles. The van der Waals surface area contributed by atoms with E-state index in [2.05, 4.69) is 10.0 Å². The first-order valence-corrected chi connectivity index (χ1v) is 4.88. The summed E-state index contributed by atoms with van der Waals surface area (Å²) in [5.74, 6) is -0.680. The third-order valence-electron chi connectivity index (χ3n) is 1.81. The van der Waals surface area contributed by atoms with Crippen molar-refractivity contribution in [2.75, 3.05) is 6.54 Å². The van der Waals surface area contributed by atoms with Gasteiger partial charge in [-0.3, -0.25) is 0 Å². The Kier molecular flexibility index (Phi) is 4.64. The highest BCUT2D eigenvalue weighted by molar-refractivity contribution is 6.32. The summed E-state index contributed by atoms with van der Waals surface area (Å²) in [6.45, 7) is 0.316. The Bertz CT molecular complexity index is 456. The second-order valence-corrected chi connectivity index (χ2v) is 3.38. The monoisotopic (exact) mass is 241 g/mol. The number of benzene rings is 1. The molecule has 1 aromatic rings. The van der Waals surface area contributed by atoms with Gasteiger partial charge in [0.1, 0.15) is 11.6 Å². The zero-order valence-electron chi connectivity index (χ0n) is 8.27. The molecule has 0 atom stereocenters. The maximum absolute atomic E-state index is 12.9. The number of rotatable bonds is 4. The van der Waals surface area contributed by atoms with Crippen LogP contribution in [0.1, 0.15) is 12.0 Å². The molecule has 0 radical (unpaired) electrons. The number of hydrogen-bond donors (Lipinski definition) is 1. The normalized spacial score (nSPS) is 10.4. The summed E-state index contributed by atoms with van der Waals surface area (Å²) in [7, 11) is 0. The van der Waals surface area contributed by atoms with E-state index in [0.717, 1.165) is 6.07 Å². The van der Waals surface area contributed by atoms with Crippen LogP contribution in [0.3, 0.4) is 0 Å². The van der Waals surface area contributed by atoms with Gasteiger partial charge in [0.15, 0.2) is 0 Å². The van der Waals surface area contributed by atoms with Gasteiger partial charge in [0.05, 0.1) is 5.02 Å². The maximum atomic E-state index is 12.9. The van der Waals surface area contributed by atoms with E-state index < -0.39 is 5.82 Å². The highest BCUT2D eigenvalue weighted by Crippen LogP contribution is 2.29. The molecule has 6 heteroatoms. The Labute approximate surface area is 96.6 Å². The van der Waals surface area contributed by atoms with Crippen LogP contribution in [0, 0.1) is 5.82 Å². The van der Waals surface area contributed by atoms with E-state index in [1.165, 1.54) is 12.1 Å². The number of nitrogens with zero attached hydrogens (tertiary/aromatic N) is 3. The lowest BCUT2D eigenvalue weighted by Gasteiger charge is -2.01. The van der Waals surface area contributed by atoms with Crippen LogP contribution >= 0.6 is 11.6 Å². The Morgan fingerprint density at radius 3 is 3.00 bits per heavy atom. The lowest BCUT2D eigenvalue weighted by atomic mass is 10.1. The predicted octanol–water partition coefficient (Wildman–Crippen LogP) is 3.90. The first kappa shape index (κ1) is 12.4. The topological polar surface area (TPSA) is 69.0 Å². The molecule has 0 bridgehead atoms. The predicted molar refractivity (Wildman–Crippen MR) is 60.7 cm³/mol. The first-order chi connectivity index (χ1) is 7.65. The van der Waals surface area contributed by atoms with Crippen LogP contribution in [-0.4, -0.2) is 11.7 Å². The molecule has 84 valence electrons. The van der Waals surface area contributed by atoms with Crippen molar-refractivity contribution >= 4 is 17.7 Å². The standard InChI is InChI=1S/C10H9ClFN3O/c11-9-6-8(12)5-7(10(9)16)3-1-2-4-14-15-13/h1,3,5-6,16H,2,4H2. The van der Waals surface area contributed by atoms with Crippen molar-refractivity contribution in [1.29, 1.82) is 0 Å². The maximum Gasteiger partial charge on any atom is 0.141 e. The Morgan fingerprint density at radius 1 is 1.56 bits per heavy atom. The highest BCUT2D eigenvalue weighted by atomic mass is 35.5. The minimum absolute atomic E-state index is 0.0327. The molecule has 0 fully saturated rings. The van der Waals surface area contributed by atoms with Gasteiger partial charge < -0.3 is 5.11 Å². The fourth-order valence-corrected chi connectivity index (χ4v) is 1.31. The molecule has 0 saturated heterocycles. The number of hydrogen-bond acceptors (Lipinski definition) is 2. The molecule has 1 N–H and O–H groups in total. The number of phenolic OH excluding ortho intramolecular Hbond substituents is 1. The van der Waals surface area contributed by atoms with Crippen molar-refractivity contribution in [2.24, 2.45) is 5.11 Å². The van der Waals surface area contributed by atoms with Gasteiger partial charge in [-0.05, 0) is 24.1 Å². The van der Waals surface area contributed by atoms with Crippen molar-refractivity contribution in [1.82, 2.24) is 0 Å². The number of phenols is 1.